The van der Waals surface area contributed by atoms with E-state index in [1.54, 1.807) is 16.8 Å². The summed E-state index contributed by atoms with van der Waals surface area (Å²) in [6.45, 7) is 9.02. The molecular formula is C20H23ClN6OSi. The Morgan fingerprint density at radius 1 is 1.34 bits per heavy atom. The molecule has 1 aromatic carbocycles. The fourth-order valence-electron chi connectivity index (χ4n) is 2.83. The number of hydrogen-bond acceptors (Lipinski definition) is 4. The normalized spacial score (nSPS) is 12.4. The van der Waals surface area contributed by atoms with Gasteiger partial charge in [0.25, 0.3) is 5.91 Å². The van der Waals surface area contributed by atoms with Gasteiger partial charge in [0.1, 0.15) is 19.8 Å². The van der Waals surface area contributed by atoms with Crippen LogP contribution < -0.4 is 10.6 Å². The van der Waals surface area contributed by atoms with Gasteiger partial charge in [-0.05, 0) is 31.2 Å². The highest BCUT2D eigenvalue weighted by Crippen LogP contribution is 2.24. The van der Waals surface area contributed by atoms with Crippen LogP contribution in [-0.2, 0) is 6.54 Å². The lowest BCUT2D eigenvalue weighted by Gasteiger charge is -2.13. The first kappa shape index (κ1) is 20.8. The number of benzene rings is 1. The van der Waals surface area contributed by atoms with E-state index in [-0.39, 0.29) is 11.9 Å². The Balaban J connectivity index is 1.64. The van der Waals surface area contributed by atoms with Gasteiger partial charge in [-0.1, -0.05) is 37.3 Å². The van der Waals surface area contributed by atoms with Gasteiger partial charge in [0.15, 0.2) is 0 Å². The molecule has 0 bridgehead atoms. The number of rotatable bonds is 6. The van der Waals surface area contributed by atoms with Crippen LogP contribution in [0.5, 0.6) is 0 Å². The summed E-state index contributed by atoms with van der Waals surface area (Å²) < 4.78 is 1.77. The fraction of sp³-hybridized carbons (Fsp3) is 0.300. The molecule has 29 heavy (non-hydrogen) atoms. The summed E-state index contributed by atoms with van der Waals surface area (Å²) in [5, 5.41) is 25.1. The molecule has 1 amide bonds. The van der Waals surface area contributed by atoms with Crippen molar-refractivity contribution in [2.24, 2.45) is 0 Å². The van der Waals surface area contributed by atoms with Crippen molar-refractivity contribution in [3.8, 4) is 17.3 Å². The molecule has 7 nitrogen and oxygen atoms in total. The van der Waals surface area contributed by atoms with Gasteiger partial charge in [0.05, 0.1) is 22.8 Å². The maximum absolute atomic E-state index is 12.5. The monoisotopic (exact) mass is 426 g/mol. The van der Waals surface area contributed by atoms with E-state index in [4.69, 9.17) is 16.9 Å². The minimum absolute atomic E-state index is 0.133. The van der Waals surface area contributed by atoms with E-state index in [1.165, 1.54) is 0 Å². The Bertz CT molecular complexity index is 1080. The summed E-state index contributed by atoms with van der Waals surface area (Å²) >= 11 is 6.11. The van der Waals surface area contributed by atoms with Crippen LogP contribution in [0.4, 0.5) is 0 Å². The smallest absolute Gasteiger partial charge is 0.272 e. The lowest BCUT2D eigenvalue weighted by molar-refractivity contribution is 0.0931. The van der Waals surface area contributed by atoms with Gasteiger partial charge in [-0.2, -0.15) is 15.5 Å². The highest BCUT2D eigenvalue weighted by Gasteiger charge is 2.22. The SMILES string of the molecule is C[C@@H](Cn1ccc(-c2ccc(C#N)c(Cl)c2)n1)NC(=O)c1cc([Si](C)(C)C)[nH]n1. The van der Waals surface area contributed by atoms with E-state index in [0.717, 1.165) is 16.6 Å². The average Bonchev–Trinajstić information content (AvgIpc) is 3.31. The van der Waals surface area contributed by atoms with Crippen molar-refractivity contribution in [1.29, 1.82) is 5.26 Å². The standard InChI is InChI=1S/C20H23ClN6OSi/c1-13(23-20(28)18-10-19(25-24-18)29(2,3)4)12-27-8-7-17(26-27)14-5-6-15(11-22)16(21)9-14/h5-10,13H,12H2,1-4H3,(H,23,28)(H,24,25)/t13-/m0/s1. The molecule has 9 heteroatoms. The molecule has 0 aliphatic heterocycles. The Kier molecular flexibility index (Phi) is 5.91. The number of H-pyrrole nitrogens is 1. The molecule has 2 aromatic heterocycles. The Morgan fingerprint density at radius 3 is 2.72 bits per heavy atom. The molecule has 3 aromatic rings. The highest BCUT2D eigenvalue weighted by atomic mass is 35.5. The zero-order chi connectivity index (χ0) is 21.2. The molecule has 0 saturated heterocycles. The number of aromatic amines is 1. The van der Waals surface area contributed by atoms with Crippen molar-refractivity contribution in [2.45, 2.75) is 39.2 Å². The molecule has 0 unspecified atom stereocenters. The molecule has 0 aliphatic carbocycles. The number of nitriles is 1. The molecule has 2 N–H and O–H groups in total. The molecule has 0 radical (unpaired) electrons. The summed E-state index contributed by atoms with van der Waals surface area (Å²) in [5.41, 5.74) is 2.42. The van der Waals surface area contributed by atoms with E-state index < -0.39 is 8.07 Å². The van der Waals surface area contributed by atoms with Crippen LogP contribution in [0.2, 0.25) is 24.7 Å². The van der Waals surface area contributed by atoms with Crippen LogP contribution >= 0.6 is 11.6 Å². The van der Waals surface area contributed by atoms with Crippen molar-refractivity contribution in [2.75, 3.05) is 0 Å². The summed E-state index contributed by atoms with van der Waals surface area (Å²) in [4.78, 5) is 12.5. The maximum atomic E-state index is 12.5. The molecule has 0 aliphatic rings. The topological polar surface area (TPSA) is 99.4 Å². The van der Waals surface area contributed by atoms with Gasteiger partial charge >= 0.3 is 0 Å². The predicted molar refractivity (Wildman–Crippen MR) is 116 cm³/mol. The van der Waals surface area contributed by atoms with Crippen molar-refractivity contribution in [1.82, 2.24) is 25.3 Å². The highest BCUT2D eigenvalue weighted by molar-refractivity contribution is 6.88. The molecule has 150 valence electrons. The summed E-state index contributed by atoms with van der Waals surface area (Å²) in [6.07, 6.45) is 1.85. The Hall–Kier alpha value is -2.89. The van der Waals surface area contributed by atoms with E-state index >= 15 is 0 Å². The largest absolute Gasteiger partial charge is 0.346 e. The summed E-state index contributed by atoms with van der Waals surface area (Å²) in [5.74, 6) is -0.204. The van der Waals surface area contributed by atoms with Gasteiger partial charge in [-0.25, -0.2) is 0 Å². The molecule has 2 heterocycles. The second-order valence-electron chi connectivity index (χ2n) is 8.02. The first-order valence-electron chi connectivity index (χ1n) is 9.27. The van der Waals surface area contributed by atoms with Gasteiger partial charge < -0.3 is 5.32 Å². The molecule has 0 spiro atoms. The van der Waals surface area contributed by atoms with E-state index in [0.29, 0.717) is 22.8 Å². The zero-order valence-corrected chi connectivity index (χ0v) is 18.6. The van der Waals surface area contributed by atoms with Crippen LogP contribution in [-0.4, -0.2) is 40.0 Å². The van der Waals surface area contributed by atoms with E-state index in [9.17, 15) is 4.79 Å². The molecule has 3 rings (SSSR count). The number of carbonyl (C=O) groups excluding carboxylic acids is 1. The van der Waals surface area contributed by atoms with Gasteiger partial charge in [-0.15, -0.1) is 0 Å². The van der Waals surface area contributed by atoms with Crippen molar-refractivity contribution >= 4 is 30.9 Å². The third kappa shape index (κ3) is 4.94. The van der Waals surface area contributed by atoms with Gasteiger partial charge in [0, 0.05) is 23.1 Å². The molecular weight excluding hydrogens is 404 g/mol. The van der Waals surface area contributed by atoms with Crippen LogP contribution in [0.15, 0.2) is 36.5 Å². The van der Waals surface area contributed by atoms with Crippen LogP contribution in [0, 0.1) is 11.3 Å². The van der Waals surface area contributed by atoms with Crippen LogP contribution in [0.1, 0.15) is 23.0 Å². The number of halogens is 1. The number of aromatic nitrogens is 4. The first-order chi connectivity index (χ1) is 13.7. The zero-order valence-electron chi connectivity index (χ0n) is 16.8. The summed E-state index contributed by atoms with van der Waals surface area (Å²) in [6, 6.07) is 10.9. The van der Waals surface area contributed by atoms with E-state index in [1.807, 2.05) is 37.4 Å². The predicted octanol–water partition coefficient (Wildman–Crippen LogP) is 3.16. The second kappa shape index (κ2) is 8.23. The molecule has 0 saturated carbocycles. The van der Waals surface area contributed by atoms with Crippen molar-refractivity contribution in [3.05, 3.63) is 52.8 Å². The first-order valence-corrected chi connectivity index (χ1v) is 13.2. The number of amides is 1. The van der Waals surface area contributed by atoms with Gasteiger partial charge in [-0.3, -0.25) is 14.6 Å². The van der Waals surface area contributed by atoms with Crippen molar-refractivity contribution < 1.29 is 4.79 Å². The minimum atomic E-state index is -1.54. The lowest BCUT2D eigenvalue weighted by atomic mass is 10.1. The quantitative estimate of drug-likeness (QED) is 0.591. The average molecular weight is 427 g/mol. The van der Waals surface area contributed by atoms with Crippen molar-refractivity contribution in [3.63, 3.8) is 0 Å². The Labute approximate surface area is 175 Å². The fourth-order valence-corrected chi connectivity index (χ4v) is 4.01. The molecule has 1 atom stereocenters. The number of hydrogen-bond donors (Lipinski definition) is 2. The second-order valence-corrected chi connectivity index (χ2v) is 13.5. The number of nitrogens with one attached hydrogen (secondary N) is 2. The minimum Gasteiger partial charge on any atom is -0.346 e. The number of carbonyl (C=O) groups is 1. The number of nitrogens with zero attached hydrogens (tertiary/aromatic N) is 4. The Morgan fingerprint density at radius 2 is 2.10 bits per heavy atom. The lowest BCUT2D eigenvalue weighted by Crippen LogP contribution is -2.39. The third-order valence-corrected chi connectivity index (χ3v) is 6.67. The van der Waals surface area contributed by atoms with E-state index in [2.05, 4.69) is 40.3 Å². The maximum Gasteiger partial charge on any atom is 0.272 e. The van der Waals surface area contributed by atoms with Crippen LogP contribution in [0.25, 0.3) is 11.3 Å². The van der Waals surface area contributed by atoms with Crippen LogP contribution in [0.3, 0.4) is 0 Å². The van der Waals surface area contributed by atoms with Gasteiger partial charge in [0.2, 0.25) is 0 Å². The third-order valence-electron chi connectivity index (χ3n) is 4.48. The molecule has 0 fully saturated rings. The summed E-state index contributed by atoms with van der Waals surface area (Å²) in [7, 11) is -1.54.